The molecule has 1 fully saturated rings. The van der Waals surface area contributed by atoms with E-state index in [1.54, 1.807) is 18.2 Å². The maximum Gasteiger partial charge on any atom is 0.242 e. The first-order chi connectivity index (χ1) is 10.2. The molecule has 0 spiro atoms. The standard InChI is InChI=1S/C15H17FN4O/c1-21-15-12(17)14(19-13(20-15)9-6-7-9)18-8-10-4-2-3-5-11(10)16/h2-5,9H,6-8,17H2,1H3,(H,18,19,20). The number of rotatable bonds is 5. The zero-order valence-electron chi connectivity index (χ0n) is 11.8. The number of ether oxygens (including phenoxy) is 1. The van der Waals surface area contributed by atoms with Gasteiger partial charge in [0.2, 0.25) is 5.88 Å². The molecule has 5 nitrogen and oxygen atoms in total. The fraction of sp³-hybridized carbons (Fsp3) is 0.333. The molecule has 1 aromatic heterocycles. The Hall–Kier alpha value is -2.37. The van der Waals surface area contributed by atoms with Crippen molar-refractivity contribution in [2.45, 2.75) is 25.3 Å². The number of halogens is 1. The van der Waals surface area contributed by atoms with E-state index in [0.717, 1.165) is 18.7 Å². The molecule has 1 heterocycles. The molecule has 0 unspecified atom stereocenters. The van der Waals surface area contributed by atoms with E-state index in [0.29, 0.717) is 35.4 Å². The number of aromatic nitrogens is 2. The smallest absolute Gasteiger partial charge is 0.242 e. The molecule has 6 heteroatoms. The van der Waals surface area contributed by atoms with Gasteiger partial charge in [-0.15, -0.1) is 0 Å². The number of nitrogens with one attached hydrogen (secondary N) is 1. The van der Waals surface area contributed by atoms with E-state index in [1.165, 1.54) is 13.2 Å². The van der Waals surface area contributed by atoms with Crippen molar-refractivity contribution in [1.82, 2.24) is 9.97 Å². The van der Waals surface area contributed by atoms with Crippen molar-refractivity contribution < 1.29 is 9.13 Å². The highest BCUT2D eigenvalue weighted by Crippen LogP contribution is 2.40. The van der Waals surface area contributed by atoms with Gasteiger partial charge in [-0.25, -0.2) is 9.37 Å². The fourth-order valence-corrected chi connectivity index (χ4v) is 2.10. The summed E-state index contributed by atoms with van der Waals surface area (Å²) in [6.07, 6.45) is 2.17. The zero-order valence-corrected chi connectivity index (χ0v) is 11.8. The van der Waals surface area contributed by atoms with Crippen molar-refractivity contribution in [2.75, 3.05) is 18.2 Å². The van der Waals surface area contributed by atoms with E-state index in [-0.39, 0.29) is 5.82 Å². The number of nitrogen functional groups attached to an aromatic ring is 1. The Labute approximate surface area is 122 Å². The molecule has 0 atom stereocenters. The third-order valence-corrected chi connectivity index (χ3v) is 3.47. The molecule has 0 bridgehead atoms. The van der Waals surface area contributed by atoms with Crippen molar-refractivity contribution in [1.29, 1.82) is 0 Å². The second-order valence-corrected chi connectivity index (χ2v) is 5.07. The Kier molecular flexibility index (Phi) is 3.60. The third-order valence-electron chi connectivity index (χ3n) is 3.47. The van der Waals surface area contributed by atoms with E-state index >= 15 is 0 Å². The average molecular weight is 288 g/mol. The van der Waals surface area contributed by atoms with Gasteiger partial charge in [-0.2, -0.15) is 4.98 Å². The topological polar surface area (TPSA) is 73.1 Å². The lowest BCUT2D eigenvalue weighted by Gasteiger charge is -2.13. The highest BCUT2D eigenvalue weighted by atomic mass is 19.1. The molecular weight excluding hydrogens is 271 g/mol. The SMILES string of the molecule is COc1nc(C2CC2)nc(NCc2ccccc2F)c1N. The van der Waals surface area contributed by atoms with Crippen LogP contribution in [0.4, 0.5) is 15.9 Å². The second-order valence-electron chi connectivity index (χ2n) is 5.07. The van der Waals surface area contributed by atoms with Crippen LogP contribution in [-0.4, -0.2) is 17.1 Å². The molecule has 0 radical (unpaired) electrons. The number of hydrogen-bond acceptors (Lipinski definition) is 5. The van der Waals surface area contributed by atoms with Gasteiger partial charge in [-0.1, -0.05) is 18.2 Å². The first-order valence-electron chi connectivity index (χ1n) is 6.87. The van der Waals surface area contributed by atoms with Gasteiger partial charge < -0.3 is 15.8 Å². The van der Waals surface area contributed by atoms with Gasteiger partial charge in [0, 0.05) is 18.0 Å². The number of anilines is 2. The first-order valence-corrected chi connectivity index (χ1v) is 6.87. The summed E-state index contributed by atoms with van der Waals surface area (Å²) in [4.78, 5) is 8.75. The molecule has 0 amide bonds. The molecule has 1 aromatic carbocycles. The molecule has 110 valence electrons. The molecule has 3 rings (SSSR count). The van der Waals surface area contributed by atoms with Crippen molar-refractivity contribution >= 4 is 11.5 Å². The Morgan fingerprint density at radius 1 is 1.33 bits per heavy atom. The monoisotopic (exact) mass is 288 g/mol. The number of benzene rings is 1. The van der Waals surface area contributed by atoms with Gasteiger partial charge in [0.05, 0.1) is 7.11 Å². The molecule has 21 heavy (non-hydrogen) atoms. The Morgan fingerprint density at radius 3 is 2.76 bits per heavy atom. The summed E-state index contributed by atoms with van der Waals surface area (Å²) in [6.45, 7) is 0.307. The van der Waals surface area contributed by atoms with Crippen LogP contribution in [-0.2, 0) is 6.54 Å². The second kappa shape index (κ2) is 5.55. The Bertz CT molecular complexity index is 658. The van der Waals surface area contributed by atoms with Crippen LogP contribution in [0.5, 0.6) is 5.88 Å². The van der Waals surface area contributed by atoms with Crippen LogP contribution in [0.15, 0.2) is 24.3 Å². The molecule has 0 saturated heterocycles. The summed E-state index contributed by atoms with van der Waals surface area (Å²) in [7, 11) is 1.52. The minimum absolute atomic E-state index is 0.257. The normalized spacial score (nSPS) is 14.0. The summed E-state index contributed by atoms with van der Waals surface area (Å²) < 4.78 is 18.8. The summed E-state index contributed by atoms with van der Waals surface area (Å²) in [5, 5.41) is 3.07. The zero-order chi connectivity index (χ0) is 14.8. The summed E-state index contributed by atoms with van der Waals surface area (Å²) in [5.41, 5.74) is 6.88. The molecule has 2 aromatic rings. The maximum atomic E-state index is 13.6. The van der Waals surface area contributed by atoms with E-state index < -0.39 is 0 Å². The van der Waals surface area contributed by atoms with Crippen LogP contribution >= 0.6 is 0 Å². The lowest BCUT2D eigenvalue weighted by molar-refractivity contribution is 0.397. The van der Waals surface area contributed by atoms with E-state index in [4.69, 9.17) is 10.5 Å². The quantitative estimate of drug-likeness (QED) is 0.885. The van der Waals surface area contributed by atoms with Crippen molar-refractivity contribution in [3.05, 3.63) is 41.5 Å². The van der Waals surface area contributed by atoms with E-state index in [2.05, 4.69) is 15.3 Å². The van der Waals surface area contributed by atoms with Crippen LogP contribution in [0, 0.1) is 5.82 Å². The van der Waals surface area contributed by atoms with Crippen molar-refractivity contribution in [3.8, 4) is 5.88 Å². The summed E-state index contributed by atoms with van der Waals surface area (Å²) in [5.74, 6) is 1.72. The minimum Gasteiger partial charge on any atom is -0.479 e. The maximum absolute atomic E-state index is 13.6. The van der Waals surface area contributed by atoms with Gasteiger partial charge in [-0.3, -0.25) is 0 Å². The largest absolute Gasteiger partial charge is 0.479 e. The highest BCUT2D eigenvalue weighted by Gasteiger charge is 2.28. The number of hydrogen-bond donors (Lipinski definition) is 2. The van der Waals surface area contributed by atoms with Crippen LogP contribution in [0.1, 0.15) is 30.1 Å². The number of methoxy groups -OCH3 is 1. The van der Waals surface area contributed by atoms with Gasteiger partial charge >= 0.3 is 0 Å². The van der Waals surface area contributed by atoms with Crippen LogP contribution < -0.4 is 15.8 Å². The van der Waals surface area contributed by atoms with Crippen LogP contribution in [0.25, 0.3) is 0 Å². The van der Waals surface area contributed by atoms with Gasteiger partial charge in [0.1, 0.15) is 17.3 Å². The lowest BCUT2D eigenvalue weighted by atomic mass is 10.2. The molecule has 1 saturated carbocycles. The van der Waals surface area contributed by atoms with Crippen LogP contribution in [0.2, 0.25) is 0 Å². The Balaban J connectivity index is 1.84. The number of nitrogens with two attached hydrogens (primary N) is 1. The van der Waals surface area contributed by atoms with E-state index in [9.17, 15) is 4.39 Å². The summed E-state index contributed by atoms with van der Waals surface area (Å²) >= 11 is 0. The predicted octanol–water partition coefficient (Wildman–Crippen LogP) is 2.70. The third kappa shape index (κ3) is 2.89. The lowest BCUT2D eigenvalue weighted by Crippen LogP contribution is -2.10. The molecule has 1 aliphatic carbocycles. The summed E-state index contributed by atoms with van der Waals surface area (Å²) in [6, 6.07) is 6.60. The van der Waals surface area contributed by atoms with Crippen LogP contribution in [0.3, 0.4) is 0 Å². The molecular formula is C15H17FN4O. The van der Waals surface area contributed by atoms with E-state index in [1.807, 2.05) is 0 Å². The fourth-order valence-electron chi connectivity index (χ4n) is 2.10. The van der Waals surface area contributed by atoms with Crippen molar-refractivity contribution in [2.24, 2.45) is 0 Å². The van der Waals surface area contributed by atoms with Gasteiger partial charge in [0.25, 0.3) is 0 Å². The average Bonchev–Trinajstić information content (AvgIpc) is 3.32. The highest BCUT2D eigenvalue weighted by molar-refractivity contribution is 5.67. The van der Waals surface area contributed by atoms with Gasteiger partial charge in [-0.05, 0) is 18.9 Å². The first kappa shape index (κ1) is 13.6. The number of nitrogens with zero attached hydrogens (tertiary/aromatic N) is 2. The minimum atomic E-state index is -0.257. The Morgan fingerprint density at radius 2 is 2.10 bits per heavy atom. The molecule has 3 N–H and O–H groups in total. The predicted molar refractivity (Wildman–Crippen MR) is 78.7 cm³/mol. The van der Waals surface area contributed by atoms with Gasteiger partial charge in [0.15, 0.2) is 5.82 Å². The van der Waals surface area contributed by atoms with Crippen molar-refractivity contribution in [3.63, 3.8) is 0 Å². The molecule has 0 aliphatic heterocycles. The molecule has 1 aliphatic rings.